The van der Waals surface area contributed by atoms with E-state index in [-0.39, 0.29) is 5.91 Å². The minimum absolute atomic E-state index is 0.325. The summed E-state index contributed by atoms with van der Waals surface area (Å²) in [5.74, 6) is -0.325. The van der Waals surface area contributed by atoms with Gasteiger partial charge < -0.3 is 4.52 Å². The van der Waals surface area contributed by atoms with Gasteiger partial charge in [-0.05, 0) is 18.6 Å². The van der Waals surface area contributed by atoms with Gasteiger partial charge in [-0.3, -0.25) is 14.4 Å². The summed E-state index contributed by atoms with van der Waals surface area (Å²) in [5.41, 5.74) is 1.27. The number of rotatable bonds is 1. The average Bonchev–Trinajstić information content (AvgIpc) is 2.42. The quantitative estimate of drug-likeness (QED) is 0.710. The van der Waals surface area contributed by atoms with Crippen molar-refractivity contribution in [3.63, 3.8) is 0 Å². The summed E-state index contributed by atoms with van der Waals surface area (Å²) in [7, 11) is -1.80. The molecule has 1 N–H and O–H groups in total. The van der Waals surface area contributed by atoms with Crippen LogP contribution in [0.1, 0.15) is 15.9 Å². The molecule has 1 aliphatic rings. The minimum Gasteiger partial charge on any atom is -0.313 e. The molecule has 1 aromatic rings. The summed E-state index contributed by atoms with van der Waals surface area (Å²) in [6.45, 7) is 1.81. The highest BCUT2D eigenvalue weighted by Crippen LogP contribution is 2.46. The fourth-order valence-corrected chi connectivity index (χ4v) is 3.43. The molecule has 1 aromatic carbocycles. The Morgan fingerprint density at radius 2 is 2.14 bits per heavy atom. The first kappa shape index (κ1) is 9.44. The van der Waals surface area contributed by atoms with Crippen molar-refractivity contribution in [2.24, 2.45) is 0 Å². The molecule has 0 saturated heterocycles. The molecule has 5 heteroatoms. The molecular formula is C9H10NO3P. The molecule has 14 heavy (non-hydrogen) atoms. The Bertz CT molecular complexity index is 455. The summed E-state index contributed by atoms with van der Waals surface area (Å²) in [6.07, 6.45) is 0. The zero-order valence-electron chi connectivity index (χ0n) is 7.90. The van der Waals surface area contributed by atoms with Crippen LogP contribution in [0.2, 0.25) is 0 Å². The molecule has 1 aliphatic heterocycles. The topological polar surface area (TPSA) is 55.4 Å². The molecule has 2 rings (SSSR count). The second kappa shape index (κ2) is 2.94. The van der Waals surface area contributed by atoms with E-state index in [1.807, 2.05) is 13.0 Å². The largest absolute Gasteiger partial charge is 0.327 e. The Labute approximate surface area is 81.8 Å². The third-order valence-corrected chi connectivity index (χ3v) is 4.48. The van der Waals surface area contributed by atoms with Crippen molar-refractivity contribution in [2.45, 2.75) is 6.92 Å². The van der Waals surface area contributed by atoms with E-state index in [0.717, 1.165) is 5.56 Å². The van der Waals surface area contributed by atoms with E-state index >= 15 is 0 Å². The predicted molar refractivity (Wildman–Crippen MR) is 52.9 cm³/mol. The fourth-order valence-electron chi connectivity index (χ4n) is 1.62. The van der Waals surface area contributed by atoms with Crippen LogP contribution < -0.4 is 10.4 Å². The lowest BCUT2D eigenvalue weighted by Crippen LogP contribution is -2.13. The summed E-state index contributed by atoms with van der Waals surface area (Å²) in [5, 5.41) is 2.89. The van der Waals surface area contributed by atoms with Crippen LogP contribution in [0.15, 0.2) is 18.2 Å². The molecule has 1 atom stereocenters. The molecule has 0 bridgehead atoms. The number of benzene rings is 1. The van der Waals surface area contributed by atoms with Gasteiger partial charge in [0.25, 0.3) is 5.91 Å². The summed E-state index contributed by atoms with van der Waals surface area (Å²) < 4.78 is 17.0. The van der Waals surface area contributed by atoms with Gasteiger partial charge in [0.15, 0.2) is 0 Å². The Morgan fingerprint density at radius 3 is 2.79 bits per heavy atom. The van der Waals surface area contributed by atoms with Crippen LogP contribution in [0, 0.1) is 6.92 Å². The molecule has 0 unspecified atom stereocenters. The van der Waals surface area contributed by atoms with Crippen molar-refractivity contribution in [1.82, 2.24) is 5.09 Å². The van der Waals surface area contributed by atoms with Gasteiger partial charge in [-0.1, -0.05) is 12.1 Å². The summed E-state index contributed by atoms with van der Waals surface area (Å²) in [4.78, 5) is 11.4. The highest BCUT2D eigenvalue weighted by atomic mass is 31.2. The van der Waals surface area contributed by atoms with Crippen LogP contribution in [-0.2, 0) is 9.09 Å². The monoisotopic (exact) mass is 211 g/mol. The molecule has 4 nitrogen and oxygen atoms in total. The van der Waals surface area contributed by atoms with Crippen LogP contribution in [0.3, 0.4) is 0 Å². The number of carbonyl (C=O) groups is 1. The van der Waals surface area contributed by atoms with Crippen LogP contribution in [-0.4, -0.2) is 13.0 Å². The van der Waals surface area contributed by atoms with Crippen molar-refractivity contribution in [2.75, 3.05) is 7.11 Å². The predicted octanol–water partition coefficient (Wildman–Crippen LogP) is 1.20. The first-order valence-electron chi connectivity index (χ1n) is 4.17. The van der Waals surface area contributed by atoms with Gasteiger partial charge in [0.05, 0.1) is 10.9 Å². The third kappa shape index (κ3) is 1.11. The maximum atomic E-state index is 12.1. The number of nitrogens with one attached hydrogen (secondary N) is 1. The maximum Gasteiger partial charge on any atom is 0.327 e. The second-order valence-corrected chi connectivity index (χ2v) is 5.29. The molecule has 74 valence electrons. The molecule has 1 heterocycles. The van der Waals surface area contributed by atoms with Crippen molar-refractivity contribution >= 4 is 18.7 Å². The van der Waals surface area contributed by atoms with Gasteiger partial charge in [-0.15, -0.1) is 0 Å². The van der Waals surface area contributed by atoms with E-state index in [2.05, 4.69) is 5.09 Å². The van der Waals surface area contributed by atoms with E-state index in [9.17, 15) is 9.36 Å². The van der Waals surface area contributed by atoms with Gasteiger partial charge in [0.2, 0.25) is 0 Å². The van der Waals surface area contributed by atoms with Crippen LogP contribution >= 0.6 is 7.52 Å². The smallest absolute Gasteiger partial charge is 0.313 e. The normalized spacial score (nSPS) is 24.6. The fraction of sp³-hybridized carbons (Fsp3) is 0.222. The van der Waals surface area contributed by atoms with E-state index in [1.54, 1.807) is 12.1 Å². The Hall–Kier alpha value is -1.12. The summed E-state index contributed by atoms with van der Waals surface area (Å²) >= 11 is 0. The Balaban J connectivity index is 2.75. The lowest BCUT2D eigenvalue weighted by molar-refractivity contribution is 0.0983. The van der Waals surface area contributed by atoms with E-state index in [1.165, 1.54) is 7.11 Å². The van der Waals surface area contributed by atoms with Crippen LogP contribution in [0.5, 0.6) is 0 Å². The first-order chi connectivity index (χ1) is 6.58. The van der Waals surface area contributed by atoms with Crippen molar-refractivity contribution in [3.8, 4) is 0 Å². The average molecular weight is 211 g/mol. The highest BCUT2D eigenvalue weighted by Gasteiger charge is 2.39. The minimum atomic E-state index is -3.13. The molecule has 1 amide bonds. The lowest BCUT2D eigenvalue weighted by Gasteiger charge is -2.11. The van der Waals surface area contributed by atoms with Crippen molar-refractivity contribution in [1.29, 1.82) is 0 Å². The second-order valence-electron chi connectivity index (χ2n) is 3.15. The zero-order chi connectivity index (χ0) is 10.3. The molecular weight excluding hydrogens is 201 g/mol. The molecule has 0 fully saturated rings. The van der Waals surface area contributed by atoms with E-state index < -0.39 is 7.52 Å². The van der Waals surface area contributed by atoms with E-state index in [4.69, 9.17) is 4.52 Å². The van der Waals surface area contributed by atoms with Gasteiger partial charge >= 0.3 is 7.52 Å². The Morgan fingerprint density at radius 1 is 1.43 bits per heavy atom. The molecule has 0 saturated carbocycles. The van der Waals surface area contributed by atoms with Crippen molar-refractivity contribution < 1.29 is 13.9 Å². The first-order valence-corrected chi connectivity index (χ1v) is 5.79. The van der Waals surface area contributed by atoms with Gasteiger partial charge in [-0.25, -0.2) is 0 Å². The number of aryl methyl sites for hydroxylation is 1. The molecule has 0 aliphatic carbocycles. The number of hydrogen-bond acceptors (Lipinski definition) is 3. The molecule has 0 spiro atoms. The maximum absolute atomic E-state index is 12.1. The SMILES string of the molecule is CO[P@]1(=O)NC(=O)c2cccc(C)c21. The van der Waals surface area contributed by atoms with Gasteiger partial charge in [-0.2, -0.15) is 0 Å². The van der Waals surface area contributed by atoms with Gasteiger partial charge in [0, 0.05) is 7.11 Å². The molecule has 0 aromatic heterocycles. The standard InChI is InChI=1S/C9H10NO3P/c1-6-4-3-5-7-8(6)14(12,13-2)10-9(7)11/h3-5H,1-2H3,(H,10,11,12)/t14-/m0/s1. The van der Waals surface area contributed by atoms with Crippen LogP contribution in [0.25, 0.3) is 0 Å². The van der Waals surface area contributed by atoms with Gasteiger partial charge in [0.1, 0.15) is 0 Å². The Kier molecular flexibility index (Phi) is 1.98. The number of hydrogen-bond donors (Lipinski definition) is 1. The number of amides is 1. The van der Waals surface area contributed by atoms with Crippen LogP contribution in [0.4, 0.5) is 0 Å². The third-order valence-electron chi connectivity index (χ3n) is 2.28. The zero-order valence-corrected chi connectivity index (χ0v) is 8.80. The number of fused-ring (bicyclic) bond motifs is 1. The molecule has 0 radical (unpaired) electrons. The summed E-state index contributed by atoms with van der Waals surface area (Å²) in [6, 6.07) is 5.22. The van der Waals surface area contributed by atoms with E-state index in [0.29, 0.717) is 10.9 Å². The highest BCUT2D eigenvalue weighted by molar-refractivity contribution is 7.66. The number of carbonyl (C=O) groups excluding carboxylic acids is 1. The van der Waals surface area contributed by atoms with Crippen molar-refractivity contribution in [3.05, 3.63) is 29.3 Å². The lowest BCUT2D eigenvalue weighted by atomic mass is 10.1.